The van der Waals surface area contributed by atoms with Crippen molar-refractivity contribution in [2.24, 2.45) is 5.73 Å². The van der Waals surface area contributed by atoms with Crippen molar-refractivity contribution in [3.63, 3.8) is 0 Å². The van der Waals surface area contributed by atoms with E-state index in [1.54, 1.807) is 54.6 Å². The SMILES string of the molecule is C=CCN1C(=O)[C@@]2(C(C(=O)OC)=C(N)Oc3c2c(=O)oc2ccccc32)c2ccccc21. The summed E-state index contributed by atoms with van der Waals surface area (Å²) in [5.74, 6) is -1.67. The number of amides is 1. The summed E-state index contributed by atoms with van der Waals surface area (Å²) in [6, 6.07) is 13.6. The van der Waals surface area contributed by atoms with Gasteiger partial charge in [-0.2, -0.15) is 0 Å². The van der Waals surface area contributed by atoms with Gasteiger partial charge in [0, 0.05) is 17.8 Å². The van der Waals surface area contributed by atoms with Gasteiger partial charge in [0.25, 0.3) is 0 Å². The Kier molecular flexibility index (Phi) is 4.20. The van der Waals surface area contributed by atoms with Crippen molar-refractivity contribution in [3.8, 4) is 5.75 Å². The molecule has 1 amide bonds. The molecule has 2 aliphatic heterocycles. The van der Waals surface area contributed by atoms with E-state index in [0.29, 0.717) is 16.6 Å². The number of methoxy groups -OCH3 is 1. The van der Waals surface area contributed by atoms with Crippen LogP contribution in [0.1, 0.15) is 11.1 Å². The minimum atomic E-state index is -1.89. The Balaban J connectivity index is 2.00. The van der Waals surface area contributed by atoms with Crippen LogP contribution in [0.2, 0.25) is 0 Å². The summed E-state index contributed by atoms with van der Waals surface area (Å²) in [6.07, 6.45) is 1.56. The molecule has 1 spiro atoms. The molecule has 32 heavy (non-hydrogen) atoms. The highest BCUT2D eigenvalue weighted by molar-refractivity contribution is 6.19. The van der Waals surface area contributed by atoms with Crippen molar-refractivity contribution in [1.29, 1.82) is 0 Å². The van der Waals surface area contributed by atoms with Gasteiger partial charge in [0.15, 0.2) is 5.75 Å². The number of esters is 1. The zero-order valence-electron chi connectivity index (χ0n) is 17.1. The molecule has 2 N–H and O–H groups in total. The van der Waals surface area contributed by atoms with Gasteiger partial charge in [-0.05, 0) is 18.2 Å². The predicted molar refractivity (Wildman–Crippen MR) is 116 cm³/mol. The third-order valence-corrected chi connectivity index (χ3v) is 5.84. The molecule has 3 aromatic rings. The molecule has 8 nitrogen and oxygen atoms in total. The summed E-state index contributed by atoms with van der Waals surface area (Å²) in [4.78, 5) is 41.9. The summed E-state index contributed by atoms with van der Waals surface area (Å²) in [5.41, 5.74) is 4.35. The lowest BCUT2D eigenvalue weighted by atomic mass is 9.68. The second kappa shape index (κ2) is 6.84. The lowest BCUT2D eigenvalue weighted by Gasteiger charge is -2.35. The molecule has 160 valence electrons. The molecular formula is C24H18N2O6. The van der Waals surface area contributed by atoms with E-state index in [0.717, 1.165) is 0 Å². The number of hydrogen-bond acceptors (Lipinski definition) is 7. The normalized spacial score (nSPS) is 19.0. The maximum Gasteiger partial charge on any atom is 0.345 e. The summed E-state index contributed by atoms with van der Waals surface area (Å²) in [6.45, 7) is 3.88. The van der Waals surface area contributed by atoms with Gasteiger partial charge < -0.3 is 24.5 Å². The predicted octanol–water partition coefficient (Wildman–Crippen LogP) is 2.35. The molecule has 0 saturated heterocycles. The summed E-state index contributed by atoms with van der Waals surface area (Å²) < 4.78 is 16.3. The molecule has 0 saturated carbocycles. The molecule has 1 aromatic heterocycles. The molecule has 0 fully saturated rings. The van der Waals surface area contributed by atoms with Crippen LogP contribution in [0.15, 0.2) is 81.9 Å². The molecule has 2 aliphatic rings. The minimum Gasteiger partial charge on any atom is -0.465 e. The molecular weight excluding hydrogens is 412 g/mol. The number of para-hydroxylation sites is 2. The fourth-order valence-corrected chi connectivity index (χ4v) is 4.62. The van der Waals surface area contributed by atoms with Crippen LogP contribution in [0.5, 0.6) is 5.75 Å². The van der Waals surface area contributed by atoms with Crippen molar-refractivity contribution < 1.29 is 23.5 Å². The van der Waals surface area contributed by atoms with Gasteiger partial charge >= 0.3 is 11.6 Å². The highest BCUT2D eigenvalue weighted by Gasteiger charge is 2.62. The van der Waals surface area contributed by atoms with Crippen LogP contribution in [-0.4, -0.2) is 25.5 Å². The minimum absolute atomic E-state index is 0.0746. The largest absolute Gasteiger partial charge is 0.465 e. The van der Waals surface area contributed by atoms with Gasteiger partial charge in [-0.15, -0.1) is 6.58 Å². The van der Waals surface area contributed by atoms with Gasteiger partial charge in [0.1, 0.15) is 22.1 Å². The second-order valence-electron chi connectivity index (χ2n) is 7.39. The van der Waals surface area contributed by atoms with E-state index >= 15 is 0 Å². The van der Waals surface area contributed by atoms with Crippen LogP contribution in [0.25, 0.3) is 11.0 Å². The van der Waals surface area contributed by atoms with Gasteiger partial charge in [0.2, 0.25) is 11.8 Å². The topological polar surface area (TPSA) is 112 Å². The average molecular weight is 430 g/mol. The smallest absolute Gasteiger partial charge is 0.345 e. The molecule has 2 aromatic carbocycles. The summed E-state index contributed by atoms with van der Waals surface area (Å²) >= 11 is 0. The Morgan fingerprint density at radius 1 is 1.19 bits per heavy atom. The van der Waals surface area contributed by atoms with Crippen LogP contribution in [0.3, 0.4) is 0 Å². The quantitative estimate of drug-likeness (QED) is 0.386. The number of nitrogens with zero attached hydrogens (tertiary/aromatic N) is 1. The van der Waals surface area contributed by atoms with Crippen molar-refractivity contribution >= 4 is 28.5 Å². The number of carbonyl (C=O) groups is 2. The van der Waals surface area contributed by atoms with Crippen molar-refractivity contribution in [1.82, 2.24) is 0 Å². The number of anilines is 1. The Hall–Kier alpha value is -4.33. The molecule has 8 heteroatoms. The number of rotatable bonds is 3. The Labute approximate surface area is 182 Å². The third kappa shape index (κ3) is 2.29. The van der Waals surface area contributed by atoms with Gasteiger partial charge in [-0.25, -0.2) is 9.59 Å². The lowest BCUT2D eigenvalue weighted by molar-refractivity contribution is -0.138. The molecule has 3 heterocycles. The van der Waals surface area contributed by atoms with E-state index in [-0.39, 0.29) is 34.9 Å². The number of benzene rings is 2. The van der Waals surface area contributed by atoms with E-state index in [1.807, 2.05) is 0 Å². The molecule has 0 radical (unpaired) electrons. The molecule has 0 bridgehead atoms. The zero-order valence-corrected chi connectivity index (χ0v) is 17.1. The first-order valence-electron chi connectivity index (χ1n) is 9.81. The van der Waals surface area contributed by atoms with Crippen LogP contribution in [0.4, 0.5) is 5.69 Å². The highest BCUT2D eigenvalue weighted by atomic mass is 16.5. The number of hydrogen-bond donors (Lipinski definition) is 1. The fraction of sp³-hybridized carbons (Fsp3) is 0.125. The first kappa shape index (κ1) is 19.6. The number of fused-ring (bicyclic) bond motifs is 6. The number of nitrogens with two attached hydrogens (primary N) is 1. The standard InChI is InChI=1S/C24H18N2O6/c1-3-12-26-15-10-6-5-9-14(15)24(23(26)29)17-19(32-20(25)18(24)21(27)30-2)13-8-4-7-11-16(13)31-22(17)28/h3-11H,1,12,25H2,2H3/t24-/m0/s1. The van der Waals surface area contributed by atoms with Gasteiger partial charge in [0.05, 0.1) is 12.5 Å². The molecule has 0 unspecified atom stereocenters. The van der Waals surface area contributed by atoms with Crippen LogP contribution < -0.4 is 21.0 Å². The van der Waals surface area contributed by atoms with Crippen LogP contribution in [0, 0.1) is 0 Å². The molecule has 5 rings (SSSR count). The van der Waals surface area contributed by atoms with Crippen molar-refractivity contribution in [3.05, 3.63) is 94.2 Å². The summed E-state index contributed by atoms with van der Waals surface area (Å²) in [7, 11) is 1.17. The number of ether oxygens (including phenoxy) is 2. The maximum atomic E-state index is 14.1. The monoisotopic (exact) mass is 430 g/mol. The Morgan fingerprint density at radius 3 is 2.66 bits per heavy atom. The van der Waals surface area contributed by atoms with E-state index in [1.165, 1.54) is 12.0 Å². The van der Waals surface area contributed by atoms with E-state index < -0.39 is 22.9 Å². The van der Waals surface area contributed by atoms with E-state index in [4.69, 9.17) is 19.6 Å². The fourth-order valence-electron chi connectivity index (χ4n) is 4.62. The maximum absolute atomic E-state index is 14.1. The second-order valence-corrected chi connectivity index (χ2v) is 7.39. The third-order valence-electron chi connectivity index (χ3n) is 5.84. The van der Waals surface area contributed by atoms with Crippen LogP contribution >= 0.6 is 0 Å². The van der Waals surface area contributed by atoms with E-state index in [2.05, 4.69) is 6.58 Å². The Morgan fingerprint density at radius 2 is 1.91 bits per heavy atom. The summed E-state index contributed by atoms with van der Waals surface area (Å²) in [5, 5.41) is 0.445. The number of carbonyl (C=O) groups excluding carboxylic acids is 2. The zero-order chi connectivity index (χ0) is 22.6. The first-order chi connectivity index (χ1) is 15.5. The van der Waals surface area contributed by atoms with Crippen LogP contribution in [-0.2, 0) is 19.7 Å². The average Bonchev–Trinajstić information content (AvgIpc) is 3.02. The molecule has 1 atom stereocenters. The highest BCUT2D eigenvalue weighted by Crippen LogP contribution is 2.55. The van der Waals surface area contributed by atoms with Crippen molar-refractivity contribution in [2.45, 2.75) is 5.41 Å². The lowest BCUT2D eigenvalue weighted by Crippen LogP contribution is -2.50. The van der Waals surface area contributed by atoms with Gasteiger partial charge in [-0.3, -0.25) is 4.79 Å². The van der Waals surface area contributed by atoms with Crippen molar-refractivity contribution in [2.75, 3.05) is 18.6 Å². The Bertz CT molecular complexity index is 1420. The first-order valence-corrected chi connectivity index (χ1v) is 9.81. The molecule has 0 aliphatic carbocycles. The van der Waals surface area contributed by atoms with Gasteiger partial charge in [-0.1, -0.05) is 36.4 Å². The van der Waals surface area contributed by atoms with E-state index in [9.17, 15) is 14.4 Å².